The standard InChI is InChI=1S/C13H24O2/c1-9(8-14)10-5-6-11-12(15)4-3-7-13(10,11)2/h9-12,14-15H,3-8H2,1-2H3. The van der Waals surface area contributed by atoms with Gasteiger partial charge in [-0.05, 0) is 48.9 Å². The normalized spacial score (nSPS) is 47.6. The number of fused-ring (bicyclic) bond motifs is 1. The van der Waals surface area contributed by atoms with E-state index in [0.717, 1.165) is 19.3 Å². The summed E-state index contributed by atoms with van der Waals surface area (Å²) in [7, 11) is 0. The molecule has 2 rings (SSSR count). The molecule has 0 spiro atoms. The van der Waals surface area contributed by atoms with Gasteiger partial charge in [0.05, 0.1) is 6.10 Å². The third-order valence-electron chi connectivity index (χ3n) is 5.14. The molecular formula is C13H24O2. The lowest BCUT2D eigenvalue weighted by molar-refractivity contribution is -0.0321. The summed E-state index contributed by atoms with van der Waals surface area (Å²) < 4.78 is 0. The molecule has 5 atom stereocenters. The summed E-state index contributed by atoms with van der Waals surface area (Å²) in [6, 6.07) is 0. The van der Waals surface area contributed by atoms with Gasteiger partial charge in [-0.25, -0.2) is 0 Å². The SMILES string of the molecule is CC(CO)C1CCC2C(O)CCCC12C. The van der Waals surface area contributed by atoms with E-state index in [0.29, 0.717) is 29.8 Å². The van der Waals surface area contributed by atoms with Crippen molar-refractivity contribution in [2.45, 2.75) is 52.1 Å². The lowest BCUT2D eigenvalue weighted by atomic mass is 9.62. The second-order valence-corrected chi connectivity index (χ2v) is 5.92. The van der Waals surface area contributed by atoms with E-state index in [1.807, 2.05) is 0 Å². The van der Waals surface area contributed by atoms with Gasteiger partial charge in [0.25, 0.3) is 0 Å². The number of rotatable bonds is 2. The van der Waals surface area contributed by atoms with Crippen LogP contribution in [0.1, 0.15) is 46.0 Å². The molecule has 0 bridgehead atoms. The van der Waals surface area contributed by atoms with Crippen molar-refractivity contribution >= 4 is 0 Å². The lowest BCUT2D eigenvalue weighted by Crippen LogP contribution is -2.41. The van der Waals surface area contributed by atoms with Gasteiger partial charge in [0.15, 0.2) is 0 Å². The van der Waals surface area contributed by atoms with Gasteiger partial charge in [0.1, 0.15) is 0 Å². The summed E-state index contributed by atoms with van der Waals surface area (Å²) in [6.45, 7) is 4.78. The zero-order chi connectivity index (χ0) is 11.1. The number of aliphatic hydroxyl groups is 2. The largest absolute Gasteiger partial charge is 0.396 e. The van der Waals surface area contributed by atoms with Crippen molar-refractivity contribution in [2.75, 3.05) is 6.61 Å². The summed E-state index contributed by atoms with van der Waals surface area (Å²) in [5.74, 6) is 1.50. The van der Waals surface area contributed by atoms with Crippen molar-refractivity contribution < 1.29 is 10.2 Å². The van der Waals surface area contributed by atoms with E-state index in [2.05, 4.69) is 13.8 Å². The first kappa shape index (κ1) is 11.4. The van der Waals surface area contributed by atoms with E-state index in [9.17, 15) is 10.2 Å². The Morgan fingerprint density at radius 1 is 1.33 bits per heavy atom. The van der Waals surface area contributed by atoms with Gasteiger partial charge in [0, 0.05) is 6.61 Å². The summed E-state index contributed by atoms with van der Waals surface area (Å²) in [6.07, 6.45) is 5.65. The first-order valence-electron chi connectivity index (χ1n) is 6.38. The molecule has 2 aliphatic carbocycles. The molecule has 0 aromatic heterocycles. The van der Waals surface area contributed by atoms with Crippen LogP contribution in [0.2, 0.25) is 0 Å². The monoisotopic (exact) mass is 212 g/mol. The predicted molar refractivity (Wildman–Crippen MR) is 60.4 cm³/mol. The van der Waals surface area contributed by atoms with Crippen molar-refractivity contribution in [3.8, 4) is 0 Å². The van der Waals surface area contributed by atoms with Crippen molar-refractivity contribution in [3.63, 3.8) is 0 Å². The van der Waals surface area contributed by atoms with Crippen LogP contribution < -0.4 is 0 Å². The van der Waals surface area contributed by atoms with Gasteiger partial charge in [-0.15, -0.1) is 0 Å². The van der Waals surface area contributed by atoms with Crippen LogP contribution in [-0.4, -0.2) is 22.9 Å². The molecular weight excluding hydrogens is 188 g/mol. The Morgan fingerprint density at radius 2 is 2.07 bits per heavy atom. The number of hydrogen-bond donors (Lipinski definition) is 2. The third kappa shape index (κ3) is 1.72. The van der Waals surface area contributed by atoms with Crippen LogP contribution in [-0.2, 0) is 0 Å². The molecule has 0 amide bonds. The molecule has 0 saturated heterocycles. The molecule has 0 aromatic carbocycles. The average molecular weight is 212 g/mol. The molecule has 2 nitrogen and oxygen atoms in total. The smallest absolute Gasteiger partial charge is 0.0573 e. The lowest BCUT2D eigenvalue weighted by Gasteiger charge is -2.45. The summed E-state index contributed by atoms with van der Waals surface area (Å²) in [4.78, 5) is 0. The van der Waals surface area contributed by atoms with E-state index in [1.54, 1.807) is 0 Å². The number of aliphatic hydroxyl groups excluding tert-OH is 2. The van der Waals surface area contributed by atoms with Gasteiger partial charge in [-0.2, -0.15) is 0 Å². The highest BCUT2D eigenvalue weighted by Crippen LogP contribution is 2.57. The quantitative estimate of drug-likeness (QED) is 0.736. The molecule has 0 heterocycles. The molecule has 0 aliphatic heterocycles. The maximum Gasteiger partial charge on any atom is 0.0573 e. The second-order valence-electron chi connectivity index (χ2n) is 5.92. The van der Waals surface area contributed by atoms with Crippen LogP contribution >= 0.6 is 0 Å². The number of hydrogen-bond acceptors (Lipinski definition) is 2. The molecule has 0 aromatic rings. The van der Waals surface area contributed by atoms with Crippen molar-refractivity contribution in [2.24, 2.45) is 23.2 Å². The fraction of sp³-hybridized carbons (Fsp3) is 1.00. The highest BCUT2D eigenvalue weighted by molar-refractivity contribution is 5.01. The fourth-order valence-electron chi connectivity index (χ4n) is 4.25. The highest BCUT2D eigenvalue weighted by Gasteiger charge is 2.51. The molecule has 5 unspecified atom stereocenters. The van der Waals surface area contributed by atoms with E-state index < -0.39 is 0 Å². The van der Waals surface area contributed by atoms with Crippen LogP contribution in [0.4, 0.5) is 0 Å². The van der Waals surface area contributed by atoms with Crippen molar-refractivity contribution in [1.82, 2.24) is 0 Å². The zero-order valence-corrected chi connectivity index (χ0v) is 9.95. The highest BCUT2D eigenvalue weighted by atomic mass is 16.3. The second kappa shape index (κ2) is 4.06. The summed E-state index contributed by atoms with van der Waals surface area (Å²) in [5, 5.41) is 19.4. The van der Waals surface area contributed by atoms with E-state index in [1.165, 1.54) is 12.8 Å². The first-order valence-corrected chi connectivity index (χ1v) is 6.38. The van der Waals surface area contributed by atoms with Crippen LogP contribution in [0.5, 0.6) is 0 Å². The molecule has 15 heavy (non-hydrogen) atoms. The molecule has 88 valence electrons. The maximum atomic E-state index is 10.1. The van der Waals surface area contributed by atoms with E-state index >= 15 is 0 Å². The van der Waals surface area contributed by atoms with Crippen LogP contribution in [0.3, 0.4) is 0 Å². The summed E-state index contributed by atoms with van der Waals surface area (Å²) >= 11 is 0. The Hall–Kier alpha value is -0.0800. The zero-order valence-electron chi connectivity index (χ0n) is 9.95. The minimum absolute atomic E-state index is 0.0837. The van der Waals surface area contributed by atoms with Crippen LogP contribution in [0, 0.1) is 23.2 Å². The van der Waals surface area contributed by atoms with Crippen LogP contribution in [0.25, 0.3) is 0 Å². The van der Waals surface area contributed by atoms with Gasteiger partial charge in [-0.3, -0.25) is 0 Å². The molecule has 0 radical (unpaired) electrons. The minimum atomic E-state index is -0.0837. The third-order valence-corrected chi connectivity index (χ3v) is 5.14. The van der Waals surface area contributed by atoms with E-state index in [-0.39, 0.29) is 6.10 Å². The average Bonchev–Trinajstić information content (AvgIpc) is 2.56. The Morgan fingerprint density at radius 3 is 2.73 bits per heavy atom. The molecule has 2 heteroatoms. The first-order chi connectivity index (χ1) is 7.09. The van der Waals surface area contributed by atoms with Crippen molar-refractivity contribution in [3.05, 3.63) is 0 Å². The van der Waals surface area contributed by atoms with Gasteiger partial charge < -0.3 is 10.2 Å². The van der Waals surface area contributed by atoms with Crippen molar-refractivity contribution in [1.29, 1.82) is 0 Å². The van der Waals surface area contributed by atoms with Gasteiger partial charge in [-0.1, -0.05) is 20.3 Å². The van der Waals surface area contributed by atoms with Gasteiger partial charge >= 0.3 is 0 Å². The Kier molecular flexibility index (Phi) is 3.09. The predicted octanol–water partition coefficient (Wildman–Crippen LogP) is 2.19. The van der Waals surface area contributed by atoms with E-state index in [4.69, 9.17) is 0 Å². The molecule has 2 fully saturated rings. The Labute approximate surface area is 92.7 Å². The maximum absolute atomic E-state index is 10.1. The topological polar surface area (TPSA) is 40.5 Å². The minimum Gasteiger partial charge on any atom is -0.396 e. The van der Waals surface area contributed by atoms with Crippen LogP contribution in [0.15, 0.2) is 0 Å². The fourth-order valence-corrected chi connectivity index (χ4v) is 4.25. The molecule has 2 aliphatic rings. The summed E-state index contributed by atoms with van der Waals surface area (Å²) in [5.41, 5.74) is 0.291. The Bertz CT molecular complexity index is 229. The van der Waals surface area contributed by atoms with Gasteiger partial charge in [0.2, 0.25) is 0 Å². The molecule has 2 saturated carbocycles. The Balaban J connectivity index is 2.17. The molecule has 2 N–H and O–H groups in total.